The first-order chi connectivity index (χ1) is 25.2. The molecule has 0 spiro atoms. The molecular formula is C34H41N13O6. The van der Waals surface area contributed by atoms with Crippen LogP contribution in [0.1, 0.15) is 60.8 Å². The van der Waals surface area contributed by atoms with E-state index in [2.05, 4.69) is 41.9 Å². The molecule has 53 heavy (non-hydrogen) atoms. The number of carbonyl (C=O) groups is 6. The van der Waals surface area contributed by atoms with E-state index in [1.165, 1.54) is 21.4 Å². The molecule has 0 aliphatic carbocycles. The summed E-state index contributed by atoms with van der Waals surface area (Å²) in [6, 6.07) is 6.44. The smallest absolute Gasteiger partial charge is 0.291 e. The Morgan fingerprint density at radius 1 is 0.566 bits per heavy atom. The van der Waals surface area contributed by atoms with E-state index in [0.717, 1.165) is 5.82 Å². The van der Waals surface area contributed by atoms with Gasteiger partial charge >= 0.3 is 0 Å². The zero-order valence-corrected chi connectivity index (χ0v) is 30.1. The van der Waals surface area contributed by atoms with Gasteiger partial charge in [0, 0.05) is 92.2 Å². The van der Waals surface area contributed by atoms with Crippen LogP contribution >= 0.6 is 0 Å². The third-order valence-corrected chi connectivity index (χ3v) is 8.17. The fourth-order valence-corrected chi connectivity index (χ4v) is 5.33. The molecule has 0 saturated carbocycles. The largest absolute Gasteiger partial charge is 0.350 e. The molecule has 5 aromatic heterocycles. The third-order valence-electron chi connectivity index (χ3n) is 8.17. The second kappa shape index (κ2) is 16.0. The van der Waals surface area contributed by atoms with Crippen LogP contribution in [0, 0.1) is 6.92 Å². The maximum absolute atomic E-state index is 13.0. The first-order valence-electron chi connectivity index (χ1n) is 16.4. The van der Waals surface area contributed by atoms with Crippen molar-refractivity contribution in [3.05, 3.63) is 84.0 Å². The predicted molar refractivity (Wildman–Crippen MR) is 194 cm³/mol. The van der Waals surface area contributed by atoms with E-state index >= 15 is 0 Å². The van der Waals surface area contributed by atoms with E-state index in [-0.39, 0.29) is 61.0 Å². The number of aromatic nitrogens is 7. The number of hydrogen-bond acceptors (Lipinski definition) is 8. The van der Waals surface area contributed by atoms with Crippen molar-refractivity contribution in [2.24, 2.45) is 35.2 Å². The number of hydrogen-bond donors (Lipinski definition) is 6. The summed E-state index contributed by atoms with van der Waals surface area (Å²) in [5.74, 6) is -1.18. The Morgan fingerprint density at radius 2 is 1.11 bits per heavy atom. The number of nitrogens with one attached hydrogen (secondary N) is 6. The molecule has 0 aliphatic heterocycles. The summed E-state index contributed by atoms with van der Waals surface area (Å²) in [6.45, 7) is 1.95. The monoisotopic (exact) mass is 727 g/mol. The second-order valence-corrected chi connectivity index (χ2v) is 12.3. The van der Waals surface area contributed by atoms with Crippen LogP contribution < -0.4 is 31.9 Å². The Hall–Kier alpha value is -6.92. The molecule has 0 aromatic carbocycles. The molecule has 6 N–H and O–H groups in total. The molecule has 0 saturated heterocycles. The minimum atomic E-state index is -0.578. The summed E-state index contributed by atoms with van der Waals surface area (Å²) >= 11 is 0. The van der Waals surface area contributed by atoms with Crippen molar-refractivity contribution >= 4 is 58.5 Å². The van der Waals surface area contributed by atoms with Crippen LogP contribution in [0.2, 0.25) is 0 Å². The Balaban J connectivity index is 1.06. The summed E-state index contributed by atoms with van der Waals surface area (Å²) in [5, 5.41) is 16.1. The number of rotatable bonds is 14. The molecule has 0 bridgehead atoms. The highest BCUT2D eigenvalue weighted by Gasteiger charge is 2.20. The Labute approximate surface area is 303 Å². The summed E-state index contributed by atoms with van der Waals surface area (Å²) in [6.07, 6.45) is 8.03. The lowest BCUT2D eigenvalue weighted by Gasteiger charge is -2.06. The minimum absolute atomic E-state index is 0.00460. The summed E-state index contributed by atoms with van der Waals surface area (Å²) in [5.41, 5.74) is 1.76. The molecule has 0 unspecified atom stereocenters. The highest BCUT2D eigenvalue weighted by molar-refractivity contribution is 6.05. The summed E-state index contributed by atoms with van der Waals surface area (Å²) in [4.78, 5) is 84.4. The van der Waals surface area contributed by atoms with Gasteiger partial charge in [0.1, 0.15) is 22.9 Å². The van der Waals surface area contributed by atoms with Gasteiger partial charge in [-0.05, 0) is 31.2 Å². The molecular weight excluding hydrogens is 686 g/mol. The van der Waals surface area contributed by atoms with Crippen LogP contribution in [0.25, 0.3) is 0 Å². The molecule has 19 nitrogen and oxygen atoms in total. The molecule has 0 radical (unpaired) electrons. The van der Waals surface area contributed by atoms with Gasteiger partial charge in [-0.1, -0.05) is 0 Å². The molecule has 0 fully saturated rings. The molecule has 6 amide bonds. The molecule has 5 aromatic rings. The first-order valence-corrected chi connectivity index (χ1v) is 16.4. The number of aryl methyl sites for hydroxylation is 6. The predicted octanol–water partition coefficient (Wildman–Crippen LogP) is 1.50. The van der Waals surface area contributed by atoms with Crippen LogP contribution in [-0.2, 0) is 44.8 Å². The van der Waals surface area contributed by atoms with Crippen molar-refractivity contribution in [1.82, 2.24) is 43.4 Å². The quantitative estimate of drug-likeness (QED) is 0.0981. The summed E-state index contributed by atoms with van der Waals surface area (Å²) in [7, 11) is 8.47. The van der Waals surface area contributed by atoms with E-state index in [0.29, 0.717) is 28.6 Å². The van der Waals surface area contributed by atoms with Gasteiger partial charge in [-0.3, -0.25) is 28.8 Å². The van der Waals surface area contributed by atoms with E-state index in [1.807, 2.05) is 14.0 Å². The van der Waals surface area contributed by atoms with Gasteiger partial charge in [0.05, 0.1) is 11.4 Å². The molecule has 19 heteroatoms. The van der Waals surface area contributed by atoms with Crippen molar-refractivity contribution in [2.45, 2.75) is 19.8 Å². The van der Waals surface area contributed by atoms with Crippen molar-refractivity contribution in [3.63, 3.8) is 0 Å². The zero-order chi connectivity index (χ0) is 38.4. The van der Waals surface area contributed by atoms with Crippen LogP contribution in [0.15, 0.2) is 55.2 Å². The van der Waals surface area contributed by atoms with Gasteiger partial charge in [0.2, 0.25) is 17.6 Å². The minimum Gasteiger partial charge on any atom is -0.350 e. The maximum atomic E-state index is 13.0. The van der Waals surface area contributed by atoms with Crippen molar-refractivity contribution in [3.8, 4) is 0 Å². The molecule has 0 atom stereocenters. The standard InChI is InChI=1S/C34H41N13O6/c1-20-37-26(18-44(20)3)42-33(52)25-14-21(16-46(25)5)38-28(48)9-11-36-32(51)24-15-22(17-45(24)4)39-34(53)30-41-27(19-47(30)6)40-29(49)10-12-35-31(50)23-8-7-13-43(23)2/h7-8,13-19H,9-12H2,1-6H3,(H,35,50)(H,36,51)(H,38,48)(H,39,53)(H,40,49)(H,42,52). The lowest BCUT2D eigenvalue weighted by Crippen LogP contribution is -2.29. The molecule has 278 valence electrons. The Bertz CT molecular complexity index is 2180. The highest BCUT2D eigenvalue weighted by Crippen LogP contribution is 2.17. The number of anilines is 4. The normalized spacial score (nSPS) is 10.8. The summed E-state index contributed by atoms with van der Waals surface area (Å²) < 4.78 is 8.00. The van der Waals surface area contributed by atoms with Crippen LogP contribution in [0.4, 0.5) is 23.0 Å². The fourth-order valence-electron chi connectivity index (χ4n) is 5.33. The zero-order valence-electron chi connectivity index (χ0n) is 30.1. The average Bonchev–Trinajstić information content (AvgIpc) is 3.91. The third kappa shape index (κ3) is 9.25. The van der Waals surface area contributed by atoms with Crippen LogP contribution in [-0.4, -0.2) is 81.3 Å². The number of nitrogens with zero attached hydrogens (tertiary/aromatic N) is 7. The van der Waals surface area contributed by atoms with E-state index < -0.39 is 17.7 Å². The topological polar surface area (TPSA) is 225 Å². The van der Waals surface area contributed by atoms with Gasteiger partial charge in [0.15, 0.2) is 11.6 Å². The molecule has 5 heterocycles. The van der Waals surface area contributed by atoms with Crippen molar-refractivity contribution in [2.75, 3.05) is 34.4 Å². The Morgan fingerprint density at radius 3 is 1.70 bits per heavy atom. The first kappa shape index (κ1) is 37.3. The Kier molecular flexibility index (Phi) is 11.2. The lowest BCUT2D eigenvalue weighted by atomic mass is 10.3. The fraction of sp³-hybridized carbons (Fsp3) is 0.294. The SMILES string of the molecule is Cc1nc(NC(=O)c2cc(NC(=O)CCNC(=O)c3cc(NC(=O)c4nc(NC(=O)CCNC(=O)c5cccn5C)cn4C)cn3C)cn2C)cn1C. The maximum Gasteiger partial charge on any atom is 0.291 e. The van der Waals surface area contributed by atoms with Gasteiger partial charge < -0.3 is 54.7 Å². The van der Waals surface area contributed by atoms with E-state index in [9.17, 15) is 28.8 Å². The molecule has 5 rings (SSSR count). The van der Waals surface area contributed by atoms with Crippen LogP contribution in [0.5, 0.6) is 0 Å². The highest BCUT2D eigenvalue weighted by atomic mass is 16.2. The molecule has 0 aliphatic rings. The second-order valence-electron chi connectivity index (χ2n) is 12.3. The van der Waals surface area contributed by atoms with Crippen LogP contribution in [0.3, 0.4) is 0 Å². The number of carbonyl (C=O) groups excluding carboxylic acids is 6. The van der Waals surface area contributed by atoms with Crippen molar-refractivity contribution in [1.29, 1.82) is 0 Å². The van der Waals surface area contributed by atoms with Gasteiger partial charge in [-0.2, -0.15) is 0 Å². The van der Waals surface area contributed by atoms with Crippen molar-refractivity contribution < 1.29 is 28.8 Å². The van der Waals surface area contributed by atoms with Gasteiger partial charge in [0.25, 0.3) is 23.6 Å². The number of amides is 6. The van der Waals surface area contributed by atoms with E-state index in [1.54, 1.807) is 84.9 Å². The van der Waals surface area contributed by atoms with Gasteiger partial charge in [-0.25, -0.2) is 9.97 Å². The van der Waals surface area contributed by atoms with Gasteiger partial charge in [-0.15, -0.1) is 0 Å². The lowest BCUT2D eigenvalue weighted by molar-refractivity contribution is -0.116. The number of imidazole rings is 2. The van der Waals surface area contributed by atoms with E-state index in [4.69, 9.17) is 0 Å². The average molecular weight is 728 g/mol.